The van der Waals surface area contributed by atoms with Crippen molar-refractivity contribution in [2.75, 3.05) is 6.54 Å². The highest BCUT2D eigenvalue weighted by Gasteiger charge is 2.17. The summed E-state index contributed by atoms with van der Waals surface area (Å²) in [6.45, 7) is 5.41. The lowest BCUT2D eigenvalue weighted by atomic mass is 10.1. The molecule has 22 heavy (non-hydrogen) atoms. The van der Waals surface area contributed by atoms with E-state index in [-0.39, 0.29) is 18.6 Å². The highest BCUT2D eigenvalue weighted by molar-refractivity contribution is 5.94. The van der Waals surface area contributed by atoms with Gasteiger partial charge in [0.25, 0.3) is 5.91 Å². The van der Waals surface area contributed by atoms with Gasteiger partial charge in [0.05, 0.1) is 0 Å². The Morgan fingerprint density at radius 2 is 1.95 bits per heavy atom. The molecule has 0 fully saturated rings. The summed E-state index contributed by atoms with van der Waals surface area (Å²) in [6, 6.07) is 2.38. The standard InChI is InChI=1S/C15H21F2N3O2/c1-4-9(2)19-15(22)20-14(21)8-18-10(3)12-6-5-11(16)7-13(12)17/h5-7,9-10,18H,4,8H2,1-3H3,(H2,19,20,21,22)/p+1/t9-,10+/m1/s1. The number of hydrogen-bond acceptors (Lipinski definition) is 2. The Kier molecular flexibility index (Phi) is 6.91. The summed E-state index contributed by atoms with van der Waals surface area (Å²) in [6.07, 6.45) is 0.759. The smallest absolute Gasteiger partial charge is 0.321 e. The normalized spacial score (nSPS) is 13.3. The van der Waals surface area contributed by atoms with Crippen molar-refractivity contribution in [3.05, 3.63) is 35.4 Å². The van der Waals surface area contributed by atoms with Gasteiger partial charge < -0.3 is 10.6 Å². The summed E-state index contributed by atoms with van der Waals surface area (Å²) in [5.74, 6) is -1.78. The van der Waals surface area contributed by atoms with Gasteiger partial charge in [-0.25, -0.2) is 13.6 Å². The number of rotatable bonds is 6. The highest BCUT2D eigenvalue weighted by Crippen LogP contribution is 2.14. The molecule has 1 rings (SSSR count). The summed E-state index contributed by atoms with van der Waals surface area (Å²) in [4.78, 5) is 23.1. The molecular formula is C15H22F2N3O2+. The molecule has 5 nitrogen and oxygen atoms in total. The second-order valence-electron chi connectivity index (χ2n) is 5.23. The van der Waals surface area contributed by atoms with E-state index in [1.807, 2.05) is 13.8 Å². The minimum absolute atomic E-state index is 0.0241. The van der Waals surface area contributed by atoms with Gasteiger partial charge in [0.2, 0.25) is 0 Å². The average Bonchev–Trinajstić information content (AvgIpc) is 2.44. The van der Waals surface area contributed by atoms with Crippen molar-refractivity contribution in [3.63, 3.8) is 0 Å². The second-order valence-corrected chi connectivity index (χ2v) is 5.23. The molecule has 4 N–H and O–H groups in total. The first kappa shape index (κ1) is 18.0. The monoisotopic (exact) mass is 314 g/mol. The van der Waals surface area contributed by atoms with E-state index in [4.69, 9.17) is 0 Å². The molecule has 0 saturated heterocycles. The zero-order valence-corrected chi connectivity index (χ0v) is 13.0. The molecule has 0 bridgehead atoms. The van der Waals surface area contributed by atoms with Crippen molar-refractivity contribution >= 4 is 11.9 Å². The number of benzene rings is 1. The molecule has 0 saturated carbocycles. The third kappa shape index (κ3) is 5.77. The van der Waals surface area contributed by atoms with E-state index in [1.54, 1.807) is 12.2 Å². The van der Waals surface area contributed by atoms with Crippen LogP contribution in [0.25, 0.3) is 0 Å². The molecule has 0 heterocycles. The minimum atomic E-state index is -0.654. The summed E-state index contributed by atoms with van der Waals surface area (Å²) >= 11 is 0. The van der Waals surface area contributed by atoms with Gasteiger partial charge in [-0.1, -0.05) is 6.92 Å². The maximum absolute atomic E-state index is 13.6. The minimum Gasteiger partial charge on any atom is -0.335 e. The summed E-state index contributed by atoms with van der Waals surface area (Å²) in [7, 11) is 0. The van der Waals surface area contributed by atoms with Crippen molar-refractivity contribution < 1.29 is 23.7 Å². The molecule has 0 aliphatic carbocycles. The van der Waals surface area contributed by atoms with Gasteiger partial charge in [-0.2, -0.15) is 0 Å². The van der Waals surface area contributed by atoms with Gasteiger partial charge in [-0.15, -0.1) is 0 Å². The van der Waals surface area contributed by atoms with Gasteiger partial charge in [0.1, 0.15) is 17.7 Å². The van der Waals surface area contributed by atoms with Crippen molar-refractivity contribution in [3.8, 4) is 0 Å². The number of urea groups is 1. The lowest BCUT2D eigenvalue weighted by molar-refractivity contribution is -0.682. The topological polar surface area (TPSA) is 74.8 Å². The Labute approximate surface area is 128 Å². The number of carbonyl (C=O) groups excluding carboxylic acids is 2. The molecular weight excluding hydrogens is 292 g/mol. The summed E-state index contributed by atoms with van der Waals surface area (Å²) in [5.41, 5.74) is 0.304. The van der Waals surface area contributed by atoms with E-state index in [2.05, 4.69) is 10.6 Å². The van der Waals surface area contributed by atoms with Crippen molar-refractivity contribution in [2.45, 2.75) is 39.3 Å². The number of hydrogen-bond donors (Lipinski definition) is 3. The van der Waals surface area contributed by atoms with Crippen molar-refractivity contribution in [2.24, 2.45) is 0 Å². The molecule has 1 aromatic rings. The predicted molar refractivity (Wildman–Crippen MR) is 78.0 cm³/mol. The van der Waals surface area contributed by atoms with Gasteiger partial charge in [0.15, 0.2) is 6.54 Å². The SMILES string of the molecule is CC[C@@H](C)NC(=O)NC(=O)C[NH2+][C@@H](C)c1ccc(F)cc1F. The fraction of sp³-hybridized carbons (Fsp3) is 0.467. The number of quaternary nitrogens is 1. The van der Waals surface area contributed by atoms with Crippen LogP contribution in [-0.2, 0) is 4.79 Å². The van der Waals surface area contributed by atoms with Crippen LogP contribution in [0.1, 0.15) is 38.8 Å². The molecule has 0 radical (unpaired) electrons. The van der Waals surface area contributed by atoms with Gasteiger partial charge in [0, 0.05) is 17.7 Å². The first-order valence-corrected chi connectivity index (χ1v) is 7.22. The first-order valence-electron chi connectivity index (χ1n) is 7.22. The Balaban J connectivity index is 2.45. The van der Waals surface area contributed by atoms with E-state index in [1.165, 1.54) is 12.1 Å². The third-order valence-electron chi connectivity index (χ3n) is 3.35. The van der Waals surface area contributed by atoms with E-state index in [0.29, 0.717) is 5.56 Å². The molecule has 0 unspecified atom stereocenters. The van der Waals surface area contributed by atoms with Crippen LogP contribution < -0.4 is 16.0 Å². The molecule has 2 atom stereocenters. The Hall–Kier alpha value is -2.02. The Bertz CT molecular complexity index is 538. The second kappa shape index (κ2) is 8.43. The number of nitrogens with two attached hydrogens (primary N) is 1. The maximum atomic E-state index is 13.6. The van der Waals surface area contributed by atoms with Crippen LogP contribution in [0.2, 0.25) is 0 Å². The summed E-state index contributed by atoms with van der Waals surface area (Å²) in [5, 5.41) is 6.38. The fourth-order valence-electron chi connectivity index (χ4n) is 1.82. The van der Waals surface area contributed by atoms with E-state index >= 15 is 0 Å². The molecule has 122 valence electrons. The summed E-state index contributed by atoms with van der Waals surface area (Å²) < 4.78 is 26.4. The molecule has 1 aromatic carbocycles. The van der Waals surface area contributed by atoms with Gasteiger partial charge in [-0.3, -0.25) is 10.1 Å². The van der Waals surface area contributed by atoms with Gasteiger partial charge >= 0.3 is 6.03 Å². The van der Waals surface area contributed by atoms with Crippen LogP contribution in [0.5, 0.6) is 0 Å². The van der Waals surface area contributed by atoms with E-state index in [0.717, 1.165) is 12.5 Å². The van der Waals surface area contributed by atoms with Crippen LogP contribution >= 0.6 is 0 Å². The number of nitrogens with one attached hydrogen (secondary N) is 2. The molecule has 3 amide bonds. The van der Waals surface area contributed by atoms with Crippen LogP contribution in [-0.4, -0.2) is 24.5 Å². The largest absolute Gasteiger partial charge is 0.335 e. The zero-order chi connectivity index (χ0) is 16.7. The Morgan fingerprint density at radius 3 is 2.55 bits per heavy atom. The van der Waals surface area contributed by atoms with E-state index in [9.17, 15) is 18.4 Å². The molecule has 7 heteroatoms. The van der Waals surface area contributed by atoms with E-state index < -0.39 is 23.6 Å². The Morgan fingerprint density at radius 1 is 1.27 bits per heavy atom. The van der Waals surface area contributed by atoms with Crippen LogP contribution in [0.3, 0.4) is 0 Å². The highest BCUT2D eigenvalue weighted by atomic mass is 19.1. The third-order valence-corrected chi connectivity index (χ3v) is 3.35. The van der Waals surface area contributed by atoms with Crippen LogP contribution in [0, 0.1) is 11.6 Å². The van der Waals surface area contributed by atoms with Crippen molar-refractivity contribution in [1.82, 2.24) is 10.6 Å². The molecule has 0 aliphatic rings. The van der Waals surface area contributed by atoms with Crippen LogP contribution in [0.4, 0.5) is 13.6 Å². The molecule has 0 spiro atoms. The lowest BCUT2D eigenvalue weighted by Gasteiger charge is -2.13. The molecule has 0 aromatic heterocycles. The van der Waals surface area contributed by atoms with Crippen molar-refractivity contribution in [1.29, 1.82) is 0 Å². The fourth-order valence-corrected chi connectivity index (χ4v) is 1.82. The predicted octanol–water partition coefficient (Wildman–Crippen LogP) is 1.21. The number of carbonyl (C=O) groups is 2. The first-order chi connectivity index (χ1) is 10.3. The number of amides is 3. The lowest BCUT2D eigenvalue weighted by Crippen LogP contribution is -2.87. The van der Waals surface area contributed by atoms with Crippen LogP contribution in [0.15, 0.2) is 18.2 Å². The maximum Gasteiger partial charge on any atom is 0.321 e. The molecule has 0 aliphatic heterocycles. The quantitative estimate of drug-likeness (QED) is 0.738. The zero-order valence-electron chi connectivity index (χ0n) is 13.0. The number of halogens is 2. The number of imide groups is 1. The van der Waals surface area contributed by atoms with Gasteiger partial charge in [-0.05, 0) is 32.4 Å². The average molecular weight is 314 g/mol.